The largest absolute Gasteiger partial charge is 1.00 e. The maximum atomic E-state index is 12.2. The zero-order chi connectivity index (χ0) is 21.9. The smallest absolute Gasteiger partial charge is 0.780 e. The molecule has 0 saturated carbocycles. The van der Waals surface area contributed by atoms with E-state index in [9.17, 15) is 19.1 Å². The van der Waals surface area contributed by atoms with Gasteiger partial charge in [-0.25, -0.2) is 9.97 Å². The average molecular weight is 493 g/mol. The Hall–Kier alpha value is -1.10. The second-order valence-corrected chi connectivity index (χ2v) is 7.93. The minimum Gasteiger partial charge on any atom is -0.780 e. The molecule has 156 valence electrons. The number of nitrogens with one attached hydrogen (secondary N) is 2. The van der Waals surface area contributed by atoms with Gasteiger partial charge in [0.15, 0.2) is 16.7 Å². The Labute approximate surface area is 231 Å². The molecular weight excluding hydrogens is 479 g/mol. The molecule has 0 radical (unpaired) electrons. The number of phosphoric acid groups is 1. The number of carbonyl (C=O) groups excluding carboxylic acids is 1. The molecule has 3 aromatic rings. The van der Waals surface area contributed by atoms with Crippen molar-refractivity contribution in [2.75, 3.05) is 18.2 Å². The van der Waals surface area contributed by atoms with E-state index < -0.39 is 7.82 Å². The van der Waals surface area contributed by atoms with E-state index >= 15 is 0 Å². The average Bonchev–Trinajstić information content (AvgIpc) is 3.11. The number of aromatic amines is 1. The van der Waals surface area contributed by atoms with Crippen molar-refractivity contribution in [1.82, 2.24) is 15.0 Å². The maximum absolute atomic E-state index is 12.2. The Balaban J connectivity index is 0.00000256. The summed E-state index contributed by atoms with van der Waals surface area (Å²) in [4.78, 5) is 45.2. The van der Waals surface area contributed by atoms with Crippen molar-refractivity contribution < 1.29 is 87.5 Å². The molecule has 1 amide bonds. The summed E-state index contributed by atoms with van der Waals surface area (Å²) in [7, 11) is -3.98. The molecule has 0 saturated heterocycles. The molecule has 0 aliphatic heterocycles. The number of pyridine rings is 1. The quantitative estimate of drug-likeness (QED) is 0.184. The van der Waals surface area contributed by atoms with E-state index in [0.29, 0.717) is 27.4 Å². The third-order valence-electron chi connectivity index (χ3n) is 3.85. The summed E-state index contributed by atoms with van der Waals surface area (Å²) >= 11 is 1.15. The number of phosphoric ester groups is 1. The maximum Gasteiger partial charge on any atom is 1.00 e. The van der Waals surface area contributed by atoms with Gasteiger partial charge in [0.2, 0.25) is 5.91 Å². The first-order valence-corrected chi connectivity index (χ1v) is 10.7. The summed E-state index contributed by atoms with van der Waals surface area (Å²) in [5.74, 6) is -0.641. The number of nitriles is 1. The second-order valence-electron chi connectivity index (χ2n) is 5.89. The number of methoxy groups -OCH3 is 1. The van der Waals surface area contributed by atoms with Gasteiger partial charge >= 0.3 is 59.1 Å². The van der Waals surface area contributed by atoms with Gasteiger partial charge < -0.3 is 33.9 Å². The van der Waals surface area contributed by atoms with E-state index in [1.165, 1.54) is 31.5 Å². The van der Waals surface area contributed by atoms with Gasteiger partial charge in [0.1, 0.15) is 19.6 Å². The summed E-state index contributed by atoms with van der Waals surface area (Å²) in [6.45, 7) is 1.75. The molecule has 1 aromatic carbocycles. The van der Waals surface area contributed by atoms with Crippen LogP contribution in [0.15, 0.2) is 29.6 Å². The summed E-state index contributed by atoms with van der Waals surface area (Å²) in [6.07, 6.45) is 1.51. The number of anilines is 1. The van der Waals surface area contributed by atoms with Crippen LogP contribution in [0.5, 0.6) is 11.5 Å². The van der Waals surface area contributed by atoms with Crippen LogP contribution in [0.4, 0.5) is 5.69 Å². The molecule has 2 heterocycles. The third-order valence-corrected chi connectivity index (χ3v) is 5.14. The van der Waals surface area contributed by atoms with Gasteiger partial charge in [-0.15, -0.1) is 0 Å². The van der Waals surface area contributed by atoms with Gasteiger partial charge in [0.25, 0.3) is 0 Å². The minimum absolute atomic E-state index is 0. The van der Waals surface area contributed by atoms with Gasteiger partial charge in [0.05, 0.1) is 30.1 Å². The Kier molecular flexibility index (Phi) is 11.2. The topological polar surface area (TPSA) is 176 Å². The molecule has 0 aliphatic carbocycles. The molecule has 0 bridgehead atoms. The minimum atomic E-state index is -5.24. The first-order valence-electron chi connectivity index (χ1n) is 8.28. The number of fused-ring (bicyclic) bond motifs is 1. The molecule has 11 nitrogen and oxygen atoms in total. The molecule has 0 spiro atoms. The van der Waals surface area contributed by atoms with Crippen molar-refractivity contribution in [3.05, 3.63) is 35.7 Å². The van der Waals surface area contributed by atoms with E-state index in [1.54, 1.807) is 6.92 Å². The van der Waals surface area contributed by atoms with E-state index in [0.717, 1.165) is 11.8 Å². The van der Waals surface area contributed by atoms with Gasteiger partial charge in [-0.05, 0) is 19.1 Å². The molecule has 2 N–H and O–H groups in total. The number of imidazole rings is 1. The predicted octanol–water partition coefficient (Wildman–Crippen LogP) is -4.91. The summed E-state index contributed by atoms with van der Waals surface area (Å²) in [6, 6.07) is 5.89. The fourth-order valence-corrected chi connectivity index (χ4v) is 3.60. The number of H-pyrrole nitrogens is 1. The van der Waals surface area contributed by atoms with Crippen molar-refractivity contribution in [2.45, 2.75) is 12.1 Å². The van der Waals surface area contributed by atoms with E-state index in [-0.39, 0.29) is 88.0 Å². The molecular formula is C17H14N5Na2O6PS. The number of hydrogen-bond donors (Lipinski definition) is 2. The van der Waals surface area contributed by atoms with Crippen LogP contribution < -0.4 is 83.5 Å². The SMILES string of the molecule is COc1cc(NC(=O)CSc2nc3c(C)c(C#N)ncc3[nH]2)ccc1OP(=O)([O-])[O-].[Na+].[Na+]. The second kappa shape index (κ2) is 12.4. The zero-order valence-electron chi connectivity index (χ0n) is 17.7. The molecule has 15 heteroatoms. The van der Waals surface area contributed by atoms with Crippen LogP contribution in [0.2, 0.25) is 0 Å². The molecule has 32 heavy (non-hydrogen) atoms. The van der Waals surface area contributed by atoms with Crippen LogP contribution >= 0.6 is 19.6 Å². The van der Waals surface area contributed by atoms with Gasteiger partial charge in [0, 0.05) is 17.3 Å². The van der Waals surface area contributed by atoms with Crippen LogP contribution in [0, 0.1) is 18.3 Å². The summed E-state index contributed by atoms with van der Waals surface area (Å²) < 4.78 is 20.1. The number of ether oxygens (including phenoxy) is 1. The Morgan fingerprint density at radius 1 is 1.34 bits per heavy atom. The number of aromatic nitrogens is 3. The van der Waals surface area contributed by atoms with Crippen molar-refractivity contribution in [3.8, 4) is 17.6 Å². The van der Waals surface area contributed by atoms with Crippen molar-refractivity contribution in [2.24, 2.45) is 0 Å². The van der Waals surface area contributed by atoms with Gasteiger partial charge in [-0.1, -0.05) is 11.8 Å². The number of aryl methyl sites for hydroxylation is 1. The normalized spacial score (nSPS) is 10.5. The Morgan fingerprint density at radius 3 is 2.69 bits per heavy atom. The monoisotopic (exact) mass is 493 g/mol. The first-order chi connectivity index (χ1) is 14.2. The number of carbonyl (C=O) groups is 1. The van der Waals surface area contributed by atoms with Crippen molar-refractivity contribution in [3.63, 3.8) is 0 Å². The van der Waals surface area contributed by atoms with E-state index in [2.05, 4.69) is 24.8 Å². The van der Waals surface area contributed by atoms with Gasteiger partial charge in [-0.2, -0.15) is 5.26 Å². The molecule has 3 rings (SSSR count). The standard InChI is InChI=1S/C17H16N5O6PS.2Na/c1-9-11(6-18)19-7-12-16(9)22-17(21-12)30-8-15(23)20-10-3-4-13(14(5-10)27-2)28-29(24,25)26;;/h3-5,7H,8H2,1-2H3,(H,20,23)(H,21,22)(H2,24,25,26);;/q;2*+1/p-2. The summed E-state index contributed by atoms with van der Waals surface area (Å²) in [5.41, 5.74) is 2.52. The molecule has 0 aliphatic rings. The van der Waals surface area contributed by atoms with Crippen LogP contribution in [0.3, 0.4) is 0 Å². The van der Waals surface area contributed by atoms with Crippen LogP contribution in [-0.4, -0.2) is 33.7 Å². The molecule has 2 aromatic heterocycles. The van der Waals surface area contributed by atoms with Gasteiger partial charge in [-0.3, -0.25) is 4.79 Å². The number of benzene rings is 1. The number of rotatable bonds is 7. The van der Waals surface area contributed by atoms with Crippen LogP contribution in [0.1, 0.15) is 11.3 Å². The molecule has 0 atom stereocenters. The van der Waals surface area contributed by atoms with E-state index in [4.69, 9.17) is 10.00 Å². The summed E-state index contributed by atoms with van der Waals surface area (Å²) in [5, 5.41) is 12.2. The van der Waals surface area contributed by atoms with E-state index in [1.807, 2.05) is 6.07 Å². The zero-order valence-corrected chi connectivity index (χ0v) is 23.4. The van der Waals surface area contributed by atoms with Crippen LogP contribution in [-0.2, 0) is 9.36 Å². The van der Waals surface area contributed by atoms with Crippen LogP contribution in [0.25, 0.3) is 11.0 Å². The van der Waals surface area contributed by atoms with Crippen molar-refractivity contribution >= 4 is 42.2 Å². The first kappa shape index (κ1) is 28.9. The fourth-order valence-electron chi connectivity index (χ4n) is 2.53. The fraction of sp³-hybridized carbons (Fsp3) is 0.176. The third kappa shape index (κ3) is 7.46. The number of nitrogens with zero attached hydrogens (tertiary/aromatic N) is 3. The van der Waals surface area contributed by atoms with Crippen molar-refractivity contribution in [1.29, 1.82) is 5.26 Å². The Bertz CT molecular complexity index is 1210. The Morgan fingerprint density at radius 2 is 2.06 bits per heavy atom. The predicted molar refractivity (Wildman–Crippen MR) is 104 cm³/mol. The molecule has 0 fully saturated rings. The molecule has 0 unspecified atom stereocenters. The number of amides is 1. The number of thioether (sulfide) groups is 1. The number of hydrogen-bond acceptors (Lipinski definition) is 10.